The molecule has 1 heterocycles. The minimum Gasteiger partial charge on any atom is -0.392 e. The molecule has 0 radical (unpaired) electrons. The number of aliphatic hydroxyl groups is 2. The monoisotopic (exact) mass is 424 g/mol. The van der Waals surface area contributed by atoms with E-state index in [1.807, 2.05) is 30.3 Å². The average molecular weight is 425 g/mol. The summed E-state index contributed by atoms with van der Waals surface area (Å²) in [7, 11) is 0. The second-order valence-electron chi connectivity index (χ2n) is 8.16. The molecule has 0 aliphatic carbocycles. The molecule has 30 heavy (non-hydrogen) atoms. The Kier molecular flexibility index (Phi) is 6.71. The van der Waals surface area contributed by atoms with Gasteiger partial charge < -0.3 is 10.2 Å². The second kappa shape index (κ2) is 9.46. The summed E-state index contributed by atoms with van der Waals surface area (Å²) in [6.07, 6.45) is -0.564. The van der Waals surface area contributed by atoms with E-state index in [0.29, 0.717) is 5.02 Å². The van der Waals surface area contributed by atoms with Crippen molar-refractivity contribution in [2.75, 3.05) is 26.2 Å². The molecule has 0 bridgehead atoms. The summed E-state index contributed by atoms with van der Waals surface area (Å²) in [6, 6.07) is 20.3. The van der Waals surface area contributed by atoms with Crippen LogP contribution in [0.2, 0.25) is 5.02 Å². The van der Waals surface area contributed by atoms with Crippen LogP contribution in [0.1, 0.15) is 29.7 Å². The van der Waals surface area contributed by atoms with Gasteiger partial charge >= 0.3 is 0 Å². The molecule has 0 amide bonds. The van der Waals surface area contributed by atoms with E-state index in [1.165, 1.54) is 5.56 Å². The molecule has 4 nitrogen and oxygen atoms in total. The van der Waals surface area contributed by atoms with Gasteiger partial charge in [0.25, 0.3) is 0 Å². The van der Waals surface area contributed by atoms with Crippen molar-refractivity contribution in [1.29, 1.82) is 0 Å². The molecule has 4 rings (SSSR count). The predicted molar refractivity (Wildman–Crippen MR) is 123 cm³/mol. The number of benzene rings is 3. The third kappa shape index (κ3) is 4.53. The Balaban J connectivity index is 1.40. The molecule has 2 N–H and O–H groups in total. The Morgan fingerprint density at radius 3 is 2.40 bits per heavy atom. The van der Waals surface area contributed by atoms with E-state index in [4.69, 9.17) is 11.6 Å². The van der Waals surface area contributed by atoms with Gasteiger partial charge in [-0.3, -0.25) is 9.80 Å². The number of halogens is 1. The highest BCUT2D eigenvalue weighted by molar-refractivity contribution is 6.36. The van der Waals surface area contributed by atoms with Crippen LogP contribution in [0.5, 0.6) is 0 Å². The molecule has 1 fully saturated rings. The molecule has 0 saturated carbocycles. The second-order valence-corrected chi connectivity index (χ2v) is 8.54. The molecule has 2 unspecified atom stereocenters. The zero-order valence-corrected chi connectivity index (χ0v) is 18.1. The van der Waals surface area contributed by atoms with Crippen LogP contribution in [-0.2, 0) is 13.2 Å². The van der Waals surface area contributed by atoms with Crippen molar-refractivity contribution in [3.8, 4) is 0 Å². The molecule has 5 heteroatoms. The maximum absolute atomic E-state index is 11.0. The Morgan fingerprint density at radius 2 is 1.70 bits per heavy atom. The smallest absolute Gasteiger partial charge is 0.0942 e. The summed E-state index contributed by atoms with van der Waals surface area (Å²) in [5, 5.41) is 22.9. The summed E-state index contributed by atoms with van der Waals surface area (Å²) in [5.41, 5.74) is 2.96. The van der Waals surface area contributed by atoms with E-state index in [1.54, 1.807) is 0 Å². The first-order valence-corrected chi connectivity index (χ1v) is 10.9. The number of hydrogen-bond donors (Lipinski definition) is 2. The van der Waals surface area contributed by atoms with E-state index in [9.17, 15) is 10.2 Å². The van der Waals surface area contributed by atoms with Crippen LogP contribution in [0.3, 0.4) is 0 Å². The normalized spacial score (nSPS) is 17.9. The number of hydrogen-bond acceptors (Lipinski definition) is 4. The molecule has 158 valence electrons. The van der Waals surface area contributed by atoms with E-state index in [2.05, 4.69) is 47.1 Å². The fourth-order valence-corrected chi connectivity index (χ4v) is 4.60. The van der Waals surface area contributed by atoms with Crippen molar-refractivity contribution in [2.45, 2.75) is 32.2 Å². The highest BCUT2D eigenvalue weighted by atomic mass is 35.5. The van der Waals surface area contributed by atoms with Gasteiger partial charge in [-0.1, -0.05) is 66.2 Å². The van der Waals surface area contributed by atoms with Gasteiger partial charge in [0.15, 0.2) is 0 Å². The molecule has 3 aromatic rings. The van der Waals surface area contributed by atoms with Crippen LogP contribution in [-0.4, -0.2) is 52.2 Å². The van der Waals surface area contributed by atoms with Gasteiger partial charge in [-0.25, -0.2) is 0 Å². The lowest BCUT2D eigenvalue weighted by Crippen LogP contribution is -2.50. The van der Waals surface area contributed by atoms with Gasteiger partial charge in [-0.05, 0) is 35.1 Å². The zero-order valence-electron chi connectivity index (χ0n) is 17.3. The predicted octanol–water partition coefficient (Wildman–Crippen LogP) is 4.23. The highest BCUT2D eigenvalue weighted by Crippen LogP contribution is 2.31. The van der Waals surface area contributed by atoms with Gasteiger partial charge in [-0.15, -0.1) is 0 Å². The maximum Gasteiger partial charge on any atom is 0.0942 e. The van der Waals surface area contributed by atoms with Crippen LogP contribution in [0.25, 0.3) is 10.8 Å². The van der Waals surface area contributed by atoms with Crippen molar-refractivity contribution < 1.29 is 10.2 Å². The minimum atomic E-state index is -0.564. The molecule has 1 saturated heterocycles. The highest BCUT2D eigenvalue weighted by Gasteiger charge is 2.27. The van der Waals surface area contributed by atoms with Gasteiger partial charge in [0.2, 0.25) is 0 Å². The van der Waals surface area contributed by atoms with Crippen molar-refractivity contribution >= 4 is 22.4 Å². The maximum atomic E-state index is 11.0. The Bertz CT molecular complexity index is 987. The van der Waals surface area contributed by atoms with Crippen LogP contribution in [0.15, 0.2) is 60.7 Å². The lowest BCUT2D eigenvalue weighted by molar-refractivity contribution is 0.0245. The fourth-order valence-electron chi connectivity index (χ4n) is 4.31. The fraction of sp³-hybridized carbons (Fsp3) is 0.360. The number of nitrogens with zero attached hydrogens (tertiary/aromatic N) is 2. The van der Waals surface area contributed by atoms with Gasteiger partial charge in [0.05, 0.1) is 17.7 Å². The molecule has 1 aliphatic heterocycles. The molecule has 1 aliphatic rings. The largest absolute Gasteiger partial charge is 0.392 e. The van der Waals surface area contributed by atoms with E-state index >= 15 is 0 Å². The molecule has 2 atom stereocenters. The first kappa shape index (κ1) is 21.3. The third-order valence-electron chi connectivity index (χ3n) is 6.26. The SMILES string of the molecule is CC(C(O)c1ccc2c(Cl)c(CO)ccc2c1)N1CCN(Cc2ccccc2)CC1. The summed E-state index contributed by atoms with van der Waals surface area (Å²) >= 11 is 6.39. The lowest BCUT2D eigenvalue weighted by atomic mass is 9.97. The summed E-state index contributed by atoms with van der Waals surface area (Å²) in [6.45, 7) is 6.91. The number of rotatable bonds is 6. The van der Waals surface area contributed by atoms with Gasteiger partial charge in [0, 0.05) is 44.2 Å². The van der Waals surface area contributed by atoms with Crippen LogP contribution in [0, 0.1) is 0 Å². The van der Waals surface area contributed by atoms with Crippen LogP contribution in [0.4, 0.5) is 0 Å². The van der Waals surface area contributed by atoms with Crippen molar-refractivity contribution in [3.63, 3.8) is 0 Å². The Labute approximate surface area is 183 Å². The topological polar surface area (TPSA) is 46.9 Å². The van der Waals surface area contributed by atoms with Crippen molar-refractivity contribution in [2.24, 2.45) is 0 Å². The number of aliphatic hydroxyl groups excluding tert-OH is 2. The first-order valence-electron chi connectivity index (χ1n) is 10.6. The summed E-state index contributed by atoms with van der Waals surface area (Å²) in [4.78, 5) is 4.85. The molecular formula is C25H29ClN2O2. The summed E-state index contributed by atoms with van der Waals surface area (Å²) < 4.78 is 0. The molecule has 3 aromatic carbocycles. The number of fused-ring (bicyclic) bond motifs is 1. The molecular weight excluding hydrogens is 396 g/mol. The molecule has 0 spiro atoms. The van der Waals surface area contributed by atoms with E-state index < -0.39 is 6.10 Å². The quantitative estimate of drug-likeness (QED) is 0.621. The minimum absolute atomic E-state index is 0.0357. The van der Waals surface area contributed by atoms with Crippen molar-refractivity contribution in [3.05, 3.63) is 82.4 Å². The van der Waals surface area contributed by atoms with E-state index in [0.717, 1.165) is 54.6 Å². The number of piperazine rings is 1. The zero-order chi connectivity index (χ0) is 21.1. The standard InChI is InChI=1S/C25H29ClN2O2/c1-18(28-13-11-27(12-14-28)16-19-5-3-2-4-6-19)25(30)21-9-10-23-20(15-21)7-8-22(17-29)24(23)26/h2-10,15,18,25,29-30H,11-14,16-17H2,1H3. The van der Waals surface area contributed by atoms with Crippen molar-refractivity contribution in [1.82, 2.24) is 9.80 Å². The van der Waals surface area contributed by atoms with E-state index in [-0.39, 0.29) is 12.6 Å². The van der Waals surface area contributed by atoms with Gasteiger partial charge in [0.1, 0.15) is 0 Å². The Hall–Kier alpha value is -1.95. The average Bonchev–Trinajstić information content (AvgIpc) is 2.79. The lowest BCUT2D eigenvalue weighted by Gasteiger charge is -2.39. The Morgan fingerprint density at radius 1 is 0.967 bits per heavy atom. The molecule has 0 aromatic heterocycles. The summed E-state index contributed by atoms with van der Waals surface area (Å²) in [5.74, 6) is 0. The van der Waals surface area contributed by atoms with Crippen LogP contribution >= 0.6 is 11.6 Å². The first-order chi connectivity index (χ1) is 14.6. The van der Waals surface area contributed by atoms with Gasteiger partial charge in [-0.2, -0.15) is 0 Å². The van der Waals surface area contributed by atoms with Crippen LogP contribution < -0.4 is 0 Å². The third-order valence-corrected chi connectivity index (χ3v) is 6.71.